The molecule has 0 fully saturated rings. The van der Waals surface area contributed by atoms with Crippen molar-refractivity contribution in [3.8, 4) is 17.2 Å². The summed E-state index contributed by atoms with van der Waals surface area (Å²) in [6.45, 7) is 10.0. The zero-order valence-electron chi connectivity index (χ0n) is 22.7. The summed E-state index contributed by atoms with van der Waals surface area (Å²) in [6.07, 6.45) is 1.75. The summed E-state index contributed by atoms with van der Waals surface area (Å²) >= 11 is 4.83. The van der Waals surface area contributed by atoms with Crippen LogP contribution in [0.1, 0.15) is 51.8 Å². The van der Waals surface area contributed by atoms with Crippen molar-refractivity contribution in [1.82, 2.24) is 4.57 Å². The normalized spacial score (nSPS) is 15.2. The topological polar surface area (TPSA) is 88.4 Å². The van der Waals surface area contributed by atoms with Crippen LogP contribution >= 0.6 is 27.3 Å². The van der Waals surface area contributed by atoms with E-state index in [1.807, 2.05) is 57.2 Å². The van der Waals surface area contributed by atoms with Crippen molar-refractivity contribution in [2.45, 2.75) is 46.8 Å². The zero-order valence-corrected chi connectivity index (χ0v) is 25.1. The van der Waals surface area contributed by atoms with Crippen molar-refractivity contribution in [2.24, 2.45) is 4.99 Å². The molecular weight excluding hydrogens is 584 g/mol. The minimum atomic E-state index is -0.693. The van der Waals surface area contributed by atoms with Crippen LogP contribution in [0.2, 0.25) is 0 Å². The maximum atomic E-state index is 13.9. The second-order valence-electron chi connectivity index (χ2n) is 9.01. The molecule has 0 spiro atoms. The fourth-order valence-corrected chi connectivity index (χ4v) is 5.94. The van der Waals surface area contributed by atoms with Crippen LogP contribution in [0.25, 0.3) is 6.08 Å². The van der Waals surface area contributed by atoms with E-state index in [0.717, 1.165) is 11.1 Å². The number of halogens is 1. The van der Waals surface area contributed by atoms with Crippen molar-refractivity contribution < 1.29 is 23.7 Å². The lowest BCUT2D eigenvalue weighted by molar-refractivity contribution is -0.139. The Kier molecular flexibility index (Phi) is 8.97. The molecule has 1 atom stereocenters. The number of nitrogens with zero attached hydrogens (tertiary/aromatic N) is 2. The molecule has 0 amide bonds. The Bertz CT molecular complexity index is 1590. The molecule has 1 aliphatic rings. The molecule has 206 valence electrons. The van der Waals surface area contributed by atoms with Gasteiger partial charge in [-0.25, -0.2) is 9.79 Å². The highest BCUT2D eigenvalue weighted by molar-refractivity contribution is 9.10. The first-order valence-electron chi connectivity index (χ1n) is 12.6. The third-order valence-corrected chi connectivity index (χ3v) is 7.50. The number of esters is 1. The summed E-state index contributed by atoms with van der Waals surface area (Å²) in [4.78, 5) is 32.1. The van der Waals surface area contributed by atoms with Gasteiger partial charge in [-0.05, 0) is 92.0 Å². The molecule has 4 rings (SSSR count). The summed E-state index contributed by atoms with van der Waals surface area (Å²) in [7, 11) is 1.57. The quantitative estimate of drug-likeness (QED) is 0.323. The van der Waals surface area contributed by atoms with E-state index in [1.54, 1.807) is 31.6 Å². The van der Waals surface area contributed by atoms with Gasteiger partial charge in [0.25, 0.3) is 5.56 Å². The molecule has 3 aromatic rings. The molecule has 39 heavy (non-hydrogen) atoms. The van der Waals surface area contributed by atoms with Crippen molar-refractivity contribution in [3.05, 3.63) is 83.0 Å². The van der Waals surface area contributed by atoms with Gasteiger partial charge >= 0.3 is 5.97 Å². The van der Waals surface area contributed by atoms with Gasteiger partial charge in [0.15, 0.2) is 16.3 Å². The average molecular weight is 616 g/mol. The Morgan fingerprint density at radius 2 is 1.90 bits per heavy atom. The highest BCUT2D eigenvalue weighted by atomic mass is 79.9. The van der Waals surface area contributed by atoms with Gasteiger partial charge in [0.05, 0.1) is 52.7 Å². The number of benzene rings is 2. The maximum Gasteiger partial charge on any atom is 0.338 e. The smallest absolute Gasteiger partial charge is 0.338 e. The number of hydrogen-bond donors (Lipinski definition) is 0. The van der Waals surface area contributed by atoms with Gasteiger partial charge in [0.1, 0.15) is 5.75 Å². The van der Waals surface area contributed by atoms with Crippen molar-refractivity contribution >= 4 is 39.3 Å². The number of rotatable bonds is 9. The lowest BCUT2D eigenvalue weighted by Gasteiger charge is -2.24. The molecule has 0 unspecified atom stereocenters. The highest BCUT2D eigenvalue weighted by Gasteiger charge is 2.33. The molecule has 0 N–H and O–H groups in total. The number of carbonyl (C=O) groups excluding carboxylic acids is 1. The van der Waals surface area contributed by atoms with E-state index < -0.39 is 12.0 Å². The fourth-order valence-electron chi connectivity index (χ4n) is 4.34. The molecule has 0 saturated carbocycles. The largest absolute Gasteiger partial charge is 0.494 e. The van der Waals surface area contributed by atoms with Crippen LogP contribution in [0.5, 0.6) is 17.2 Å². The minimum absolute atomic E-state index is 0.0378. The summed E-state index contributed by atoms with van der Waals surface area (Å²) in [6, 6.07) is 10.4. The predicted octanol–water partition coefficient (Wildman–Crippen LogP) is 4.76. The molecular formula is C29H31BrN2O6S. The first kappa shape index (κ1) is 28.6. The highest BCUT2D eigenvalue weighted by Crippen LogP contribution is 2.37. The zero-order chi connectivity index (χ0) is 28.3. The SMILES string of the molecule is CCOC(=O)C1=C(C)N=c2s/c(=C\c3cc(Br)c(OC(C)C)c(OC)c3)c(=O)n2[C@@H]1c1ccc(OCC)cc1. The monoisotopic (exact) mass is 614 g/mol. The van der Waals surface area contributed by atoms with Crippen molar-refractivity contribution in [1.29, 1.82) is 0 Å². The van der Waals surface area contributed by atoms with Gasteiger partial charge < -0.3 is 18.9 Å². The van der Waals surface area contributed by atoms with E-state index in [-0.39, 0.29) is 18.3 Å². The molecule has 0 saturated heterocycles. The number of methoxy groups -OCH3 is 1. The number of carbonyl (C=O) groups is 1. The number of allylic oxidation sites excluding steroid dienone is 1. The van der Waals surface area contributed by atoms with Gasteiger partial charge in [-0.1, -0.05) is 23.5 Å². The fraction of sp³-hybridized carbons (Fsp3) is 0.345. The van der Waals surface area contributed by atoms with Gasteiger partial charge in [-0.2, -0.15) is 0 Å². The molecule has 1 aromatic heterocycles. The van der Waals surface area contributed by atoms with Crippen LogP contribution in [0, 0.1) is 0 Å². The second kappa shape index (κ2) is 12.2. The number of aromatic nitrogens is 1. The van der Waals surface area contributed by atoms with E-state index in [0.29, 0.717) is 48.9 Å². The first-order valence-corrected chi connectivity index (χ1v) is 14.3. The lowest BCUT2D eigenvalue weighted by atomic mass is 9.96. The Hall–Kier alpha value is -3.37. The van der Waals surface area contributed by atoms with E-state index in [2.05, 4.69) is 20.9 Å². The van der Waals surface area contributed by atoms with E-state index in [1.165, 1.54) is 11.3 Å². The van der Waals surface area contributed by atoms with Crippen LogP contribution in [-0.2, 0) is 9.53 Å². The molecule has 0 bridgehead atoms. The molecule has 10 heteroatoms. The van der Waals surface area contributed by atoms with Gasteiger partial charge in [-0.3, -0.25) is 9.36 Å². The van der Waals surface area contributed by atoms with E-state index >= 15 is 0 Å². The third kappa shape index (κ3) is 5.96. The van der Waals surface area contributed by atoms with Crippen LogP contribution in [0.4, 0.5) is 0 Å². The number of hydrogen-bond acceptors (Lipinski definition) is 8. The molecule has 2 heterocycles. The Labute approximate surface area is 239 Å². The number of thiazole rings is 1. The third-order valence-electron chi connectivity index (χ3n) is 5.93. The van der Waals surface area contributed by atoms with Crippen molar-refractivity contribution in [3.63, 3.8) is 0 Å². The van der Waals surface area contributed by atoms with Gasteiger partial charge in [0, 0.05) is 0 Å². The summed E-state index contributed by atoms with van der Waals surface area (Å²) in [5, 5.41) is 0. The number of ether oxygens (including phenoxy) is 4. The molecule has 0 aliphatic carbocycles. The van der Waals surface area contributed by atoms with Crippen molar-refractivity contribution in [2.75, 3.05) is 20.3 Å². The predicted molar refractivity (Wildman–Crippen MR) is 154 cm³/mol. The summed E-state index contributed by atoms with van der Waals surface area (Å²) in [5.41, 5.74) is 2.09. The Balaban J connectivity index is 1.89. The minimum Gasteiger partial charge on any atom is -0.494 e. The second-order valence-corrected chi connectivity index (χ2v) is 10.9. The Morgan fingerprint density at radius 3 is 2.51 bits per heavy atom. The standard InChI is InChI=1S/C29H31BrN2O6S/c1-7-36-20-11-9-19(10-12-20)25-24(28(34)37-8-2)17(5)31-29-32(25)27(33)23(39-29)15-18-13-21(30)26(38-16(3)4)22(14-18)35-6/h9-16,25H,7-8H2,1-6H3/b23-15-/t25-/m1/s1. The lowest BCUT2D eigenvalue weighted by Crippen LogP contribution is -2.39. The summed E-state index contributed by atoms with van der Waals surface area (Å²) in [5.74, 6) is 1.35. The Morgan fingerprint density at radius 1 is 1.18 bits per heavy atom. The van der Waals surface area contributed by atoms with Crippen LogP contribution in [0.3, 0.4) is 0 Å². The van der Waals surface area contributed by atoms with Gasteiger partial charge in [-0.15, -0.1) is 0 Å². The van der Waals surface area contributed by atoms with Crippen LogP contribution in [0.15, 0.2) is 61.9 Å². The van der Waals surface area contributed by atoms with E-state index in [9.17, 15) is 9.59 Å². The molecule has 0 radical (unpaired) electrons. The first-order chi connectivity index (χ1) is 18.7. The maximum absolute atomic E-state index is 13.9. The number of fused-ring (bicyclic) bond motifs is 1. The van der Waals surface area contributed by atoms with Crippen LogP contribution in [-0.4, -0.2) is 37.0 Å². The van der Waals surface area contributed by atoms with E-state index in [4.69, 9.17) is 18.9 Å². The van der Waals surface area contributed by atoms with Crippen LogP contribution < -0.4 is 29.1 Å². The average Bonchev–Trinajstić information content (AvgIpc) is 3.19. The summed E-state index contributed by atoms with van der Waals surface area (Å²) < 4.78 is 25.1. The molecule has 1 aliphatic heterocycles. The molecule has 2 aromatic carbocycles. The van der Waals surface area contributed by atoms with Gasteiger partial charge in [0.2, 0.25) is 0 Å². The molecule has 8 nitrogen and oxygen atoms in total.